The van der Waals surface area contributed by atoms with Crippen LogP contribution in [0.1, 0.15) is 31.2 Å². The lowest BCUT2D eigenvalue weighted by Gasteiger charge is -2.20. The summed E-state index contributed by atoms with van der Waals surface area (Å²) in [5.41, 5.74) is 2.62. The van der Waals surface area contributed by atoms with Gasteiger partial charge in [-0.3, -0.25) is 10.1 Å². The van der Waals surface area contributed by atoms with Crippen LogP contribution in [0.2, 0.25) is 0 Å². The summed E-state index contributed by atoms with van der Waals surface area (Å²) in [6.45, 7) is 3.64. The van der Waals surface area contributed by atoms with Crippen LogP contribution in [0.25, 0.3) is 0 Å². The first-order chi connectivity index (χ1) is 14.1. The molecule has 2 fully saturated rings. The zero-order chi connectivity index (χ0) is 20.2. The Balaban J connectivity index is 1.57. The minimum Gasteiger partial charge on any atom is -0.502 e. The van der Waals surface area contributed by atoms with Crippen LogP contribution >= 0.6 is 0 Å². The van der Waals surface area contributed by atoms with Gasteiger partial charge in [0.15, 0.2) is 0 Å². The average molecular weight is 398 g/mol. The number of hydrogen-bond donors (Lipinski definition) is 2. The van der Waals surface area contributed by atoms with E-state index in [1.165, 1.54) is 24.4 Å². The molecule has 4 rings (SSSR count). The van der Waals surface area contributed by atoms with Crippen LogP contribution in [0.15, 0.2) is 23.3 Å². The van der Waals surface area contributed by atoms with Crippen molar-refractivity contribution < 1.29 is 10.0 Å². The van der Waals surface area contributed by atoms with Gasteiger partial charge in [0.05, 0.1) is 11.1 Å². The van der Waals surface area contributed by atoms with Crippen molar-refractivity contribution in [1.29, 1.82) is 0 Å². The molecule has 0 bridgehead atoms. The molecule has 152 valence electrons. The standard InChI is InChI=1S/C18H22N8O3/c27-15-13(6-5-7-14(15)26(28)29)12-19-23-16-20-17(24-8-1-2-9-24)22-18(21-16)25-10-3-4-11-25/h5-7,12,27H,1-4,8-11H2,(H,20,21,22,23). The summed E-state index contributed by atoms with van der Waals surface area (Å²) in [4.78, 5) is 28.1. The molecular formula is C18H22N8O3. The van der Waals surface area contributed by atoms with Crippen molar-refractivity contribution in [2.45, 2.75) is 25.7 Å². The Hall–Kier alpha value is -3.50. The first kappa shape index (κ1) is 18.8. The molecule has 0 unspecified atom stereocenters. The minimum absolute atomic E-state index is 0.222. The highest BCUT2D eigenvalue weighted by Crippen LogP contribution is 2.28. The fraction of sp³-hybridized carbons (Fsp3) is 0.444. The van der Waals surface area contributed by atoms with E-state index in [0.29, 0.717) is 17.8 Å². The van der Waals surface area contributed by atoms with Crippen LogP contribution < -0.4 is 15.2 Å². The smallest absolute Gasteiger partial charge is 0.311 e. The van der Waals surface area contributed by atoms with Crippen molar-refractivity contribution in [3.63, 3.8) is 0 Å². The molecular weight excluding hydrogens is 376 g/mol. The highest BCUT2D eigenvalue weighted by molar-refractivity contribution is 5.85. The summed E-state index contributed by atoms with van der Waals surface area (Å²) in [7, 11) is 0. The molecule has 11 heteroatoms. The number of phenolic OH excluding ortho intramolecular Hbond substituents is 1. The Labute approximate surface area is 167 Å². The van der Waals surface area contributed by atoms with E-state index in [1.807, 2.05) is 0 Å². The first-order valence-corrected chi connectivity index (χ1v) is 9.63. The van der Waals surface area contributed by atoms with Crippen LogP contribution in [0.3, 0.4) is 0 Å². The molecule has 1 aromatic carbocycles. The molecule has 2 N–H and O–H groups in total. The summed E-state index contributed by atoms with van der Waals surface area (Å²) < 4.78 is 0. The largest absolute Gasteiger partial charge is 0.502 e. The highest BCUT2D eigenvalue weighted by Gasteiger charge is 2.21. The molecule has 1 aromatic heterocycles. The number of phenols is 1. The second-order valence-electron chi connectivity index (χ2n) is 6.99. The SMILES string of the molecule is O=[N+]([O-])c1cccc(C=NNc2nc(N3CCCC3)nc(N3CCCC3)n2)c1O. The summed E-state index contributed by atoms with van der Waals surface area (Å²) in [6, 6.07) is 4.25. The van der Waals surface area contributed by atoms with Gasteiger partial charge in [-0.1, -0.05) is 6.07 Å². The number of rotatable bonds is 6. The number of aromatic hydroxyl groups is 1. The summed E-state index contributed by atoms with van der Waals surface area (Å²) >= 11 is 0. The normalized spacial score (nSPS) is 16.7. The third kappa shape index (κ3) is 4.18. The number of hydrogen-bond acceptors (Lipinski definition) is 10. The third-order valence-electron chi connectivity index (χ3n) is 5.00. The highest BCUT2D eigenvalue weighted by atomic mass is 16.6. The van der Waals surface area contributed by atoms with Gasteiger partial charge in [-0.15, -0.1) is 0 Å². The van der Waals surface area contributed by atoms with E-state index in [9.17, 15) is 15.2 Å². The van der Waals surface area contributed by atoms with E-state index < -0.39 is 10.7 Å². The van der Waals surface area contributed by atoms with Gasteiger partial charge < -0.3 is 14.9 Å². The van der Waals surface area contributed by atoms with Gasteiger partial charge in [-0.25, -0.2) is 5.43 Å². The maximum atomic E-state index is 10.9. The second kappa shape index (κ2) is 8.25. The Morgan fingerprint density at radius 1 is 1.03 bits per heavy atom. The Morgan fingerprint density at radius 3 is 2.17 bits per heavy atom. The van der Waals surface area contributed by atoms with Crippen LogP contribution in [-0.4, -0.2) is 57.4 Å². The van der Waals surface area contributed by atoms with Gasteiger partial charge in [0.25, 0.3) is 0 Å². The lowest BCUT2D eigenvalue weighted by atomic mass is 10.2. The van der Waals surface area contributed by atoms with Gasteiger partial charge in [-0.05, 0) is 31.7 Å². The van der Waals surface area contributed by atoms with Crippen molar-refractivity contribution in [3.05, 3.63) is 33.9 Å². The zero-order valence-corrected chi connectivity index (χ0v) is 15.9. The van der Waals surface area contributed by atoms with E-state index in [1.54, 1.807) is 0 Å². The maximum Gasteiger partial charge on any atom is 0.311 e. The number of aromatic nitrogens is 3. The molecule has 0 spiro atoms. The van der Waals surface area contributed by atoms with E-state index in [-0.39, 0.29) is 11.3 Å². The van der Waals surface area contributed by atoms with Crippen LogP contribution in [0, 0.1) is 10.1 Å². The third-order valence-corrected chi connectivity index (χ3v) is 5.00. The molecule has 2 aromatic rings. The topological polar surface area (TPSA) is 133 Å². The van der Waals surface area contributed by atoms with Gasteiger partial charge in [0, 0.05) is 37.8 Å². The predicted molar refractivity (Wildman–Crippen MR) is 109 cm³/mol. The van der Waals surface area contributed by atoms with Crippen molar-refractivity contribution in [3.8, 4) is 5.75 Å². The number of para-hydroxylation sites is 1. The molecule has 2 aliphatic heterocycles. The van der Waals surface area contributed by atoms with Crippen molar-refractivity contribution >= 4 is 29.7 Å². The fourth-order valence-electron chi connectivity index (χ4n) is 3.48. The van der Waals surface area contributed by atoms with E-state index in [4.69, 9.17) is 0 Å². The van der Waals surface area contributed by atoms with E-state index in [0.717, 1.165) is 51.9 Å². The molecule has 0 radical (unpaired) electrons. The summed E-state index contributed by atoms with van der Waals surface area (Å²) in [5.74, 6) is 1.10. The zero-order valence-electron chi connectivity index (χ0n) is 15.9. The van der Waals surface area contributed by atoms with Crippen LogP contribution in [0.5, 0.6) is 5.75 Å². The number of nitrogens with zero attached hydrogens (tertiary/aromatic N) is 7. The first-order valence-electron chi connectivity index (χ1n) is 9.63. The molecule has 11 nitrogen and oxygen atoms in total. The van der Waals surface area contributed by atoms with Crippen LogP contribution in [-0.2, 0) is 0 Å². The van der Waals surface area contributed by atoms with Gasteiger partial charge in [0.1, 0.15) is 0 Å². The molecule has 29 heavy (non-hydrogen) atoms. The predicted octanol–water partition coefficient (Wildman–Crippen LogP) is 2.13. The lowest BCUT2D eigenvalue weighted by molar-refractivity contribution is -0.385. The molecule has 0 saturated carbocycles. The number of nitrogens with one attached hydrogen (secondary N) is 1. The molecule has 2 saturated heterocycles. The van der Waals surface area contributed by atoms with Gasteiger partial charge in [0.2, 0.25) is 23.6 Å². The van der Waals surface area contributed by atoms with Crippen molar-refractivity contribution in [2.24, 2.45) is 5.10 Å². The Bertz CT molecular complexity index is 889. The Kier molecular flexibility index (Phi) is 5.36. The maximum absolute atomic E-state index is 10.9. The summed E-state index contributed by atoms with van der Waals surface area (Å²) in [6.07, 6.45) is 5.74. The second-order valence-corrected chi connectivity index (χ2v) is 6.99. The molecule has 2 aliphatic rings. The quantitative estimate of drug-likeness (QED) is 0.426. The summed E-state index contributed by atoms with van der Waals surface area (Å²) in [5, 5.41) is 25.0. The monoisotopic (exact) mass is 398 g/mol. The minimum atomic E-state index is -0.642. The van der Waals surface area contributed by atoms with Crippen molar-refractivity contribution in [1.82, 2.24) is 15.0 Å². The Morgan fingerprint density at radius 2 is 1.62 bits per heavy atom. The lowest BCUT2D eigenvalue weighted by Crippen LogP contribution is -2.25. The number of nitro groups is 1. The van der Waals surface area contributed by atoms with Gasteiger partial charge >= 0.3 is 5.69 Å². The average Bonchev–Trinajstić information content (AvgIpc) is 3.43. The molecule has 0 atom stereocenters. The van der Waals surface area contributed by atoms with Crippen molar-refractivity contribution in [2.75, 3.05) is 41.4 Å². The number of anilines is 3. The fourth-order valence-corrected chi connectivity index (χ4v) is 3.48. The number of nitro benzene ring substituents is 1. The van der Waals surface area contributed by atoms with Crippen LogP contribution in [0.4, 0.5) is 23.5 Å². The number of benzene rings is 1. The van der Waals surface area contributed by atoms with E-state index >= 15 is 0 Å². The number of hydrazone groups is 1. The van der Waals surface area contributed by atoms with Gasteiger partial charge in [-0.2, -0.15) is 20.1 Å². The molecule has 0 aliphatic carbocycles. The molecule has 0 amide bonds. The van der Waals surface area contributed by atoms with E-state index in [2.05, 4.69) is 35.3 Å². The molecule has 3 heterocycles.